The molecule has 0 aliphatic heterocycles. The summed E-state index contributed by atoms with van der Waals surface area (Å²) in [4.78, 5) is 3.31. The average Bonchev–Trinajstić information content (AvgIpc) is 2.62. The van der Waals surface area contributed by atoms with E-state index in [0.29, 0.717) is 0 Å². The van der Waals surface area contributed by atoms with Gasteiger partial charge in [0, 0.05) is 17.5 Å². The number of H-pyrrole nitrogens is 1. The van der Waals surface area contributed by atoms with Gasteiger partial charge in [0.1, 0.15) is 0 Å². The van der Waals surface area contributed by atoms with Crippen molar-refractivity contribution in [1.82, 2.24) is 4.98 Å². The van der Waals surface area contributed by atoms with Crippen molar-refractivity contribution in [2.45, 2.75) is 27.7 Å². The Balaban J connectivity index is 2.65. The van der Waals surface area contributed by atoms with Crippen LogP contribution in [0, 0.1) is 27.7 Å². The molecule has 1 heterocycles. The lowest BCUT2D eigenvalue weighted by molar-refractivity contribution is 1.25. The molecule has 0 aliphatic rings. The van der Waals surface area contributed by atoms with E-state index in [1.807, 2.05) is 6.20 Å². The molecule has 15 heavy (non-hydrogen) atoms. The summed E-state index contributed by atoms with van der Waals surface area (Å²) in [5.41, 5.74) is 8.00. The van der Waals surface area contributed by atoms with Crippen molar-refractivity contribution in [2.24, 2.45) is 0 Å². The third-order valence-corrected chi connectivity index (χ3v) is 3.28. The zero-order valence-corrected chi connectivity index (χ0v) is 9.81. The van der Waals surface area contributed by atoms with Crippen LogP contribution in [0.15, 0.2) is 24.4 Å². The third kappa shape index (κ3) is 1.58. The van der Waals surface area contributed by atoms with E-state index in [1.54, 1.807) is 0 Å². The second-order valence-electron chi connectivity index (χ2n) is 4.22. The molecule has 0 amide bonds. The average molecular weight is 199 g/mol. The van der Waals surface area contributed by atoms with Gasteiger partial charge in [-0.05, 0) is 56.0 Å². The highest BCUT2D eigenvalue weighted by Crippen LogP contribution is 2.28. The maximum absolute atomic E-state index is 3.31. The molecule has 1 aromatic carbocycles. The van der Waals surface area contributed by atoms with Crippen molar-refractivity contribution in [3.8, 4) is 11.3 Å². The summed E-state index contributed by atoms with van der Waals surface area (Å²) in [6.45, 7) is 8.68. The van der Waals surface area contributed by atoms with Gasteiger partial charge in [-0.1, -0.05) is 12.1 Å². The lowest BCUT2D eigenvalue weighted by Crippen LogP contribution is -1.91. The number of aromatic nitrogens is 1. The van der Waals surface area contributed by atoms with Crippen molar-refractivity contribution >= 4 is 0 Å². The number of nitrogens with one attached hydrogen (secondary N) is 1. The Morgan fingerprint density at radius 2 is 1.53 bits per heavy atom. The molecule has 0 radical (unpaired) electrons. The maximum Gasteiger partial charge on any atom is 0.0486 e. The minimum atomic E-state index is 1.25. The first-order chi connectivity index (χ1) is 7.11. The lowest BCUT2D eigenvalue weighted by Gasteiger charge is -2.10. The number of aromatic amines is 1. The fourth-order valence-corrected chi connectivity index (χ4v) is 1.96. The molecule has 0 spiro atoms. The van der Waals surface area contributed by atoms with Gasteiger partial charge >= 0.3 is 0 Å². The molecule has 0 atom stereocenters. The molecule has 1 nitrogen and oxygen atoms in total. The van der Waals surface area contributed by atoms with E-state index in [0.717, 1.165) is 0 Å². The van der Waals surface area contributed by atoms with Crippen LogP contribution in [0.25, 0.3) is 11.3 Å². The second-order valence-corrected chi connectivity index (χ2v) is 4.22. The highest BCUT2D eigenvalue weighted by molar-refractivity contribution is 5.68. The van der Waals surface area contributed by atoms with Gasteiger partial charge < -0.3 is 4.98 Å². The van der Waals surface area contributed by atoms with Crippen LogP contribution in [0.3, 0.4) is 0 Å². The predicted octanol–water partition coefficient (Wildman–Crippen LogP) is 3.92. The maximum atomic E-state index is 3.31. The zero-order valence-electron chi connectivity index (χ0n) is 9.81. The second kappa shape index (κ2) is 3.58. The molecule has 1 heteroatoms. The van der Waals surface area contributed by atoms with Crippen molar-refractivity contribution in [2.75, 3.05) is 0 Å². The minimum absolute atomic E-state index is 1.25. The summed E-state index contributed by atoms with van der Waals surface area (Å²) >= 11 is 0. The van der Waals surface area contributed by atoms with E-state index in [1.165, 1.54) is 33.5 Å². The van der Waals surface area contributed by atoms with E-state index < -0.39 is 0 Å². The molecule has 0 unspecified atom stereocenters. The van der Waals surface area contributed by atoms with Crippen molar-refractivity contribution in [3.63, 3.8) is 0 Å². The monoisotopic (exact) mass is 199 g/mol. The van der Waals surface area contributed by atoms with Crippen LogP contribution in [0.5, 0.6) is 0 Å². The third-order valence-electron chi connectivity index (χ3n) is 3.28. The predicted molar refractivity (Wildman–Crippen MR) is 65.2 cm³/mol. The van der Waals surface area contributed by atoms with Crippen LogP contribution < -0.4 is 0 Å². The first-order valence-corrected chi connectivity index (χ1v) is 5.32. The normalized spacial score (nSPS) is 10.7. The molecule has 0 saturated heterocycles. The molecular weight excluding hydrogens is 182 g/mol. The highest BCUT2D eigenvalue weighted by Gasteiger charge is 2.08. The Bertz CT molecular complexity index is 492. The molecule has 0 fully saturated rings. The van der Waals surface area contributed by atoms with Crippen LogP contribution in [0.4, 0.5) is 0 Å². The van der Waals surface area contributed by atoms with E-state index in [-0.39, 0.29) is 0 Å². The number of rotatable bonds is 1. The number of aryl methyl sites for hydroxylation is 2. The summed E-state index contributed by atoms with van der Waals surface area (Å²) in [7, 11) is 0. The molecule has 0 bridgehead atoms. The SMILES string of the molecule is Cc1cc[nH]c1-c1ccc(C)c(C)c1C. The van der Waals surface area contributed by atoms with E-state index in [9.17, 15) is 0 Å². The van der Waals surface area contributed by atoms with Crippen LogP contribution >= 0.6 is 0 Å². The Morgan fingerprint density at radius 1 is 0.800 bits per heavy atom. The zero-order chi connectivity index (χ0) is 11.0. The smallest absolute Gasteiger partial charge is 0.0486 e. The Morgan fingerprint density at radius 3 is 2.13 bits per heavy atom. The van der Waals surface area contributed by atoms with Crippen LogP contribution in [0.1, 0.15) is 22.3 Å². The molecule has 1 aromatic heterocycles. The van der Waals surface area contributed by atoms with E-state index >= 15 is 0 Å². The van der Waals surface area contributed by atoms with Gasteiger partial charge in [-0.3, -0.25) is 0 Å². The molecule has 2 aromatic rings. The lowest BCUT2D eigenvalue weighted by atomic mass is 9.96. The summed E-state index contributed by atoms with van der Waals surface area (Å²) in [6, 6.07) is 6.51. The Labute approximate surface area is 91.2 Å². The molecule has 0 saturated carbocycles. The number of hydrogen-bond donors (Lipinski definition) is 1. The summed E-state index contributed by atoms with van der Waals surface area (Å²) in [5.74, 6) is 0. The topological polar surface area (TPSA) is 15.8 Å². The molecule has 1 N–H and O–H groups in total. The first-order valence-electron chi connectivity index (χ1n) is 5.32. The fraction of sp³-hybridized carbons (Fsp3) is 0.286. The van der Waals surface area contributed by atoms with Gasteiger partial charge in [0.2, 0.25) is 0 Å². The van der Waals surface area contributed by atoms with Gasteiger partial charge in [-0.25, -0.2) is 0 Å². The van der Waals surface area contributed by atoms with Gasteiger partial charge in [0.05, 0.1) is 0 Å². The fourth-order valence-electron chi connectivity index (χ4n) is 1.96. The van der Waals surface area contributed by atoms with Gasteiger partial charge in [0.25, 0.3) is 0 Å². The van der Waals surface area contributed by atoms with Gasteiger partial charge in [-0.2, -0.15) is 0 Å². The number of benzene rings is 1. The summed E-state index contributed by atoms with van der Waals surface area (Å²) in [6.07, 6.45) is 2.00. The standard InChI is InChI=1S/C14H17N/c1-9-5-6-13(12(4)11(9)3)14-10(2)7-8-15-14/h5-8,15H,1-4H3. The minimum Gasteiger partial charge on any atom is -0.361 e. The summed E-state index contributed by atoms with van der Waals surface area (Å²) in [5, 5.41) is 0. The largest absolute Gasteiger partial charge is 0.361 e. The molecule has 78 valence electrons. The molecule has 2 rings (SSSR count). The van der Waals surface area contributed by atoms with Crippen molar-refractivity contribution < 1.29 is 0 Å². The Kier molecular flexibility index (Phi) is 2.39. The van der Waals surface area contributed by atoms with Gasteiger partial charge in [-0.15, -0.1) is 0 Å². The first kappa shape index (κ1) is 10.0. The van der Waals surface area contributed by atoms with Crippen LogP contribution in [-0.4, -0.2) is 4.98 Å². The van der Waals surface area contributed by atoms with Gasteiger partial charge in [0.15, 0.2) is 0 Å². The van der Waals surface area contributed by atoms with E-state index in [2.05, 4.69) is 50.9 Å². The molecular formula is C14H17N. The highest BCUT2D eigenvalue weighted by atomic mass is 14.7. The number of hydrogen-bond acceptors (Lipinski definition) is 0. The Hall–Kier alpha value is -1.50. The van der Waals surface area contributed by atoms with Crippen LogP contribution in [-0.2, 0) is 0 Å². The van der Waals surface area contributed by atoms with Crippen molar-refractivity contribution in [3.05, 3.63) is 46.6 Å². The van der Waals surface area contributed by atoms with Crippen molar-refractivity contribution in [1.29, 1.82) is 0 Å². The van der Waals surface area contributed by atoms with Crippen LogP contribution in [0.2, 0.25) is 0 Å². The summed E-state index contributed by atoms with van der Waals surface area (Å²) < 4.78 is 0. The van der Waals surface area contributed by atoms with E-state index in [4.69, 9.17) is 0 Å². The molecule has 0 aliphatic carbocycles. The quantitative estimate of drug-likeness (QED) is 0.716.